The van der Waals surface area contributed by atoms with Gasteiger partial charge in [0.25, 0.3) is 5.91 Å². The smallest absolute Gasteiger partial charge is 0.286 e. The molecule has 0 spiro atoms. The standard InChI is InChI=1S/C21H20F2N4O3S2/c1-12-8-13(2)10-15(9-12)32(29,30)27-7-3-4-18(27)20-25-26-21(31-20)19(28)24-14-5-6-16(22)17(23)11-14/h5-6,8-11,18H,3-4,7H2,1-2H3,(H,24,28)/t18-/m1/s1. The Labute approximate surface area is 188 Å². The molecular formula is C21H20F2N4O3S2. The first-order valence-electron chi connectivity index (χ1n) is 9.85. The molecule has 168 valence electrons. The Morgan fingerprint density at radius 1 is 1.09 bits per heavy atom. The number of carbonyl (C=O) groups is 1. The highest BCUT2D eigenvalue weighted by Crippen LogP contribution is 2.38. The predicted octanol–water partition coefficient (Wildman–Crippen LogP) is 4.21. The molecule has 1 N–H and O–H groups in total. The summed E-state index contributed by atoms with van der Waals surface area (Å²) in [7, 11) is -3.75. The van der Waals surface area contributed by atoms with Crippen molar-refractivity contribution in [3.63, 3.8) is 0 Å². The van der Waals surface area contributed by atoms with E-state index in [-0.39, 0.29) is 15.6 Å². The van der Waals surface area contributed by atoms with Crippen LogP contribution >= 0.6 is 11.3 Å². The summed E-state index contributed by atoms with van der Waals surface area (Å²) in [6, 6.07) is 7.66. The topological polar surface area (TPSA) is 92.3 Å². The number of amides is 1. The van der Waals surface area contributed by atoms with Gasteiger partial charge in [-0.3, -0.25) is 4.79 Å². The van der Waals surface area contributed by atoms with Crippen molar-refractivity contribution in [3.05, 3.63) is 69.2 Å². The molecule has 1 aliphatic rings. The van der Waals surface area contributed by atoms with E-state index in [0.717, 1.165) is 34.6 Å². The predicted molar refractivity (Wildman–Crippen MR) is 116 cm³/mol. The normalized spacial score (nSPS) is 16.9. The summed E-state index contributed by atoms with van der Waals surface area (Å²) in [6.07, 6.45) is 1.22. The van der Waals surface area contributed by atoms with Crippen LogP contribution in [0.15, 0.2) is 41.3 Å². The lowest BCUT2D eigenvalue weighted by molar-refractivity contribution is 0.102. The van der Waals surface area contributed by atoms with E-state index in [1.54, 1.807) is 12.1 Å². The largest absolute Gasteiger partial charge is 0.320 e. The molecule has 0 bridgehead atoms. The van der Waals surface area contributed by atoms with Crippen LogP contribution < -0.4 is 5.32 Å². The van der Waals surface area contributed by atoms with Gasteiger partial charge in [-0.2, -0.15) is 4.31 Å². The first-order valence-corrected chi connectivity index (χ1v) is 12.1. The second-order valence-corrected chi connectivity index (χ2v) is 10.5. The van der Waals surface area contributed by atoms with Gasteiger partial charge in [0.2, 0.25) is 15.0 Å². The molecule has 3 aromatic rings. The van der Waals surface area contributed by atoms with Gasteiger partial charge in [-0.25, -0.2) is 17.2 Å². The Balaban J connectivity index is 1.56. The van der Waals surface area contributed by atoms with Gasteiger partial charge in [-0.15, -0.1) is 10.2 Å². The number of sulfonamides is 1. The van der Waals surface area contributed by atoms with E-state index in [2.05, 4.69) is 15.5 Å². The third-order valence-corrected chi connectivity index (χ3v) is 8.01. The summed E-state index contributed by atoms with van der Waals surface area (Å²) in [5, 5.41) is 10.8. The Morgan fingerprint density at radius 3 is 2.50 bits per heavy atom. The molecule has 2 aromatic carbocycles. The van der Waals surface area contributed by atoms with Crippen molar-refractivity contribution in [1.29, 1.82) is 0 Å². The number of nitrogens with one attached hydrogen (secondary N) is 1. The van der Waals surface area contributed by atoms with Crippen LogP contribution in [0.25, 0.3) is 0 Å². The van der Waals surface area contributed by atoms with Crippen LogP contribution in [0.1, 0.15) is 44.8 Å². The number of benzene rings is 2. The molecule has 2 heterocycles. The maximum Gasteiger partial charge on any atom is 0.286 e. The van der Waals surface area contributed by atoms with Crippen molar-refractivity contribution in [3.8, 4) is 0 Å². The van der Waals surface area contributed by atoms with Crippen LogP contribution in [-0.4, -0.2) is 35.4 Å². The molecule has 7 nitrogen and oxygen atoms in total. The molecule has 4 rings (SSSR count). The molecule has 0 aliphatic carbocycles. The Kier molecular flexibility index (Phi) is 6.06. The summed E-state index contributed by atoms with van der Waals surface area (Å²) in [4.78, 5) is 12.7. The molecular weight excluding hydrogens is 458 g/mol. The van der Waals surface area contributed by atoms with Crippen LogP contribution in [0, 0.1) is 25.5 Å². The third-order valence-electron chi connectivity index (χ3n) is 5.10. The third kappa shape index (κ3) is 4.41. The van der Waals surface area contributed by atoms with Gasteiger partial charge >= 0.3 is 0 Å². The fourth-order valence-corrected chi connectivity index (χ4v) is 6.51. The van der Waals surface area contributed by atoms with Crippen LogP contribution in [0.5, 0.6) is 0 Å². The van der Waals surface area contributed by atoms with E-state index in [1.165, 1.54) is 10.4 Å². The molecule has 1 atom stereocenters. The zero-order valence-electron chi connectivity index (χ0n) is 17.3. The summed E-state index contributed by atoms with van der Waals surface area (Å²) in [5.74, 6) is -2.74. The van der Waals surface area contributed by atoms with Gasteiger partial charge in [0.1, 0.15) is 5.01 Å². The van der Waals surface area contributed by atoms with Crippen LogP contribution in [0.2, 0.25) is 0 Å². The first-order chi connectivity index (χ1) is 15.1. The van der Waals surface area contributed by atoms with Crippen LogP contribution in [0.3, 0.4) is 0 Å². The average molecular weight is 479 g/mol. The minimum Gasteiger partial charge on any atom is -0.320 e. The number of aromatic nitrogens is 2. The highest BCUT2D eigenvalue weighted by molar-refractivity contribution is 7.89. The van der Waals surface area contributed by atoms with Crippen molar-refractivity contribution < 1.29 is 22.0 Å². The van der Waals surface area contributed by atoms with Gasteiger partial charge in [0, 0.05) is 18.3 Å². The lowest BCUT2D eigenvalue weighted by Crippen LogP contribution is -2.30. The van der Waals surface area contributed by atoms with E-state index in [1.807, 2.05) is 19.9 Å². The van der Waals surface area contributed by atoms with Gasteiger partial charge in [-0.05, 0) is 62.1 Å². The van der Waals surface area contributed by atoms with Crippen LogP contribution in [0.4, 0.5) is 14.5 Å². The minimum atomic E-state index is -3.75. The Hall–Kier alpha value is -2.76. The summed E-state index contributed by atoms with van der Waals surface area (Å²) in [5.41, 5.74) is 1.78. The van der Waals surface area contributed by atoms with E-state index in [4.69, 9.17) is 0 Å². The molecule has 0 radical (unpaired) electrons. The average Bonchev–Trinajstić information content (AvgIpc) is 3.39. The molecule has 0 saturated carbocycles. The number of anilines is 1. The monoisotopic (exact) mass is 478 g/mol. The zero-order chi connectivity index (χ0) is 23.0. The van der Waals surface area contributed by atoms with Gasteiger partial charge in [0.05, 0.1) is 10.9 Å². The lowest BCUT2D eigenvalue weighted by Gasteiger charge is -2.22. The van der Waals surface area contributed by atoms with Gasteiger partial charge in [-0.1, -0.05) is 17.4 Å². The van der Waals surface area contributed by atoms with E-state index < -0.39 is 33.6 Å². The second-order valence-electron chi connectivity index (χ2n) is 7.63. The lowest BCUT2D eigenvalue weighted by atomic mass is 10.2. The van der Waals surface area contributed by atoms with Gasteiger partial charge in [0.15, 0.2) is 11.6 Å². The number of hydrogen-bond acceptors (Lipinski definition) is 6. The number of carbonyl (C=O) groups excluding carboxylic acids is 1. The van der Waals surface area contributed by atoms with E-state index in [0.29, 0.717) is 24.4 Å². The molecule has 1 amide bonds. The minimum absolute atomic E-state index is 0.000353. The molecule has 0 unspecified atom stereocenters. The Morgan fingerprint density at radius 2 is 1.81 bits per heavy atom. The fraction of sp³-hybridized carbons (Fsp3) is 0.286. The second kappa shape index (κ2) is 8.64. The molecule has 1 saturated heterocycles. The summed E-state index contributed by atoms with van der Waals surface area (Å²) >= 11 is 0.978. The SMILES string of the molecule is Cc1cc(C)cc(S(=O)(=O)N2CCC[C@@H]2c2nnc(C(=O)Nc3ccc(F)c(F)c3)s2)c1. The van der Waals surface area contributed by atoms with Crippen molar-refractivity contribution in [2.24, 2.45) is 0 Å². The molecule has 11 heteroatoms. The maximum atomic E-state index is 13.4. The summed E-state index contributed by atoms with van der Waals surface area (Å²) < 4.78 is 54.4. The van der Waals surface area contributed by atoms with Crippen molar-refractivity contribution >= 4 is 33.0 Å². The molecule has 1 fully saturated rings. The van der Waals surface area contributed by atoms with Crippen molar-refractivity contribution in [2.75, 3.05) is 11.9 Å². The highest BCUT2D eigenvalue weighted by Gasteiger charge is 2.38. The first kappa shape index (κ1) is 22.4. The van der Waals surface area contributed by atoms with E-state index >= 15 is 0 Å². The molecule has 1 aliphatic heterocycles. The number of nitrogens with zero attached hydrogens (tertiary/aromatic N) is 3. The highest BCUT2D eigenvalue weighted by atomic mass is 32.2. The fourth-order valence-electron chi connectivity index (χ4n) is 3.71. The number of aryl methyl sites for hydroxylation is 2. The number of hydrogen-bond donors (Lipinski definition) is 1. The quantitative estimate of drug-likeness (QED) is 0.593. The molecule has 32 heavy (non-hydrogen) atoms. The van der Waals surface area contributed by atoms with Crippen molar-refractivity contribution in [2.45, 2.75) is 37.6 Å². The van der Waals surface area contributed by atoms with Crippen molar-refractivity contribution in [1.82, 2.24) is 14.5 Å². The van der Waals surface area contributed by atoms with Gasteiger partial charge < -0.3 is 5.32 Å². The summed E-state index contributed by atoms with van der Waals surface area (Å²) in [6.45, 7) is 4.03. The Bertz CT molecular complexity index is 1270. The maximum absolute atomic E-state index is 13.4. The number of rotatable bonds is 5. The number of halogens is 2. The molecule has 1 aromatic heterocycles. The van der Waals surface area contributed by atoms with E-state index in [9.17, 15) is 22.0 Å². The zero-order valence-corrected chi connectivity index (χ0v) is 18.9. The van der Waals surface area contributed by atoms with Crippen LogP contribution in [-0.2, 0) is 10.0 Å².